The molecule has 2 amide bonds. The third-order valence-electron chi connectivity index (χ3n) is 6.12. The predicted molar refractivity (Wildman–Crippen MR) is 132 cm³/mol. The van der Waals surface area contributed by atoms with Gasteiger partial charge >= 0.3 is 0 Å². The van der Waals surface area contributed by atoms with Crippen LogP contribution in [0.1, 0.15) is 43.1 Å². The van der Waals surface area contributed by atoms with Gasteiger partial charge in [0.05, 0.1) is 5.56 Å². The van der Waals surface area contributed by atoms with Crippen molar-refractivity contribution in [3.63, 3.8) is 0 Å². The van der Waals surface area contributed by atoms with E-state index in [1.165, 1.54) is 11.1 Å². The van der Waals surface area contributed by atoms with E-state index in [4.69, 9.17) is 5.26 Å². The maximum absolute atomic E-state index is 12.9. The van der Waals surface area contributed by atoms with Gasteiger partial charge in [0, 0.05) is 43.3 Å². The monoisotopic (exact) mass is 464 g/mol. The van der Waals surface area contributed by atoms with Crippen LogP contribution in [0.2, 0.25) is 0 Å². The molecule has 4 aromatic rings. The first-order chi connectivity index (χ1) is 17.0. The molecule has 0 saturated carbocycles. The maximum Gasteiger partial charge on any atom is 0.271 e. The Labute approximate surface area is 202 Å². The quantitative estimate of drug-likeness (QED) is 0.471. The Kier molecular flexibility index (Phi) is 6.00. The van der Waals surface area contributed by atoms with Crippen molar-refractivity contribution >= 4 is 23.1 Å². The van der Waals surface area contributed by atoms with Gasteiger partial charge in [0.2, 0.25) is 0 Å². The maximum atomic E-state index is 12.9. The molecule has 0 spiro atoms. The number of carbonyl (C=O) groups excluding carboxylic acids is 2. The Hall–Kier alpha value is -4.48. The highest BCUT2D eigenvalue weighted by Crippen LogP contribution is 2.22. The van der Waals surface area contributed by atoms with E-state index in [1.807, 2.05) is 18.2 Å². The van der Waals surface area contributed by atoms with Crippen LogP contribution in [0.3, 0.4) is 0 Å². The van der Waals surface area contributed by atoms with E-state index in [0.717, 1.165) is 30.8 Å². The third kappa shape index (κ3) is 4.90. The summed E-state index contributed by atoms with van der Waals surface area (Å²) in [5, 5.41) is 14.9. The number of amides is 2. The van der Waals surface area contributed by atoms with Crippen LogP contribution in [-0.4, -0.2) is 39.7 Å². The average Bonchev–Trinajstić information content (AvgIpc) is 3.30. The van der Waals surface area contributed by atoms with E-state index in [1.54, 1.807) is 47.1 Å². The molecule has 3 heterocycles. The number of hydrogen-bond acceptors (Lipinski definition) is 5. The fourth-order valence-corrected chi connectivity index (χ4v) is 4.24. The number of nitrogens with one attached hydrogen (secondary N) is 2. The smallest absolute Gasteiger partial charge is 0.271 e. The van der Waals surface area contributed by atoms with Crippen molar-refractivity contribution in [3.05, 3.63) is 101 Å². The Morgan fingerprint density at radius 1 is 1.06 bits per heavy atom. The third-order valence-corrected chi connectivity index (χ3v) is 6.12. The summed E-state index contributed by atoms with van der Waals surface area (Å²) in [7, 11) is 2.10. The summed E-state index contributed by atoms with van der Waals surface area (Å²) in [5.74, 6) is -0.531. The van der Waals surface area contributed by atoms with Gasteiger partial charge in [-0.3, -0.25) is 9.59 Å². The zero-order chi connectivity index (χ0) is 24.4. The number of imidazole rings is 1. The molecular formula is C27H24N6O2. The minimum atomic E-state index is -0.332. The number of pyridine rings is 1. The van der Waals surface area contributed by atoms with Gasteiger partial charge < -0.3 is 19.9 Å². The molecule has 0 saturated heterocycles. The van der Waals surface area contributed by atoms with Crippen LogP contribution in [-0.2, 0) is 19.5 Å². The molecule has 0 radical (unpaired) electrons. The van der Waals surface area contributed by atoms with Crippen LogP contribution >= 0.6 is 0 Å². The van der Waals surface area contributed by atoms with Gasteiger partial charge in [0.15, 0.2) is 0 Å². The highest BCUT2D eigenvalue weighted by Gasteiger charge is 2.15. The number of nitriles is 1. The topological polar surface area (TPSA) is 103 Å². The Balaban J connectivity index is 1.23. The second kappa shape index (κ2) is 9.41. The normalized spacial score (nSPS) is 13.1. The zero-order valence-electron chi connectivity index (χ0n) is 19.3. The van der Waals surface area contributed by atoms with Gasteiger partial charge in [-0.25, -0.2) is 4.98 Å². The highest BCUT2D eigenvalue weighted by atomic mass is 16.2. The molecular weight excluding hydrogens is 440 g/mol. The van der Waals surface area contributed by atoms with Crippen LogP contribution in [0.15, 0.2) is 67.0 Å². The molecule has 1 aliphatic rings. The minimum Gasteiger partial charge on any atom is -0.347 e. The van der Waals surface area contributed by atoms with Crippen molar-refractivity contribution in [3.8, 4) is 6.07 Å². The summed E-state index contributed by atoms with van der Waals surface area (Å²) in [5.41, 5.74) is 5.98. The lowest BCUT2D eigenvalue weighted by atomic mass is 9.99. The van der Waals surface area contributed by atoms with Crippen molar-refractivity contribution < 1.29 is 9.59 Å². The molecule has 2 aromatic carbocycles. The van der Waals surface area contributed by atoms with Crippen LogP contribution in [0, 0.1) is 11.3 Å². The van der Waals surface area contributed by atoms with Crippen molar-refractivity contribution in [2.24, 2.45) is 0 Å². The standard InChI is InChI=1S/C27H24N6O2/c1-32-10-9-20-6-7-23(12-22(20)16-32)30-26(34)21-4-2-3-18(11-21)14-29-27(35)24-17-33-15-19(13-28)5-8-25(33)31-24/h2-8,11-12,15,17H,9-10,14,16H2,1H3,(H,29,35)(H,30,34). The molecule has 0 aliphatic carbocycles. The fourth-order valence-electron chi connectivity index (χ4n) is 4.24. The van der Waals surface area contributed by atoms with Gasteiger partial charge in [-0.2, -0.15) is 5.26 Å². The number of nitrogens with zero attached hydrogens (tertiary/aromatic N) is 4. The van der Waals surface area contributed by atoms with Crippen LogP contribution in [0.5, 0.6) is 0 Å². The molecule has 0 unspecified atom stereocenters. The molecule has 1 aliphatic heterocycles. The van der Waals surface area contributed by atoms with Gasteiger partial charge in [-0.05, 0) is 66.6 Å². The van der Waals surface area contributed by atoms with Crippen LogP contribution in [0.25, 0.3) is 5.65 Å². The van der Waals surface area contributed by atoms with E-state index in [0.29, 0.717) is 16.8 Å². The molecule has 8 heteroatoms. The van der Waals surface area contributed by atoms with Crippen molar-refractivity contribution in [1.82, 2.24) is 19.6 Å². The number of hydrogen-bond donors (Lipinski definition) is 2. The molecule has 174 valence electrons. The fraction of sp³-hybridized carbons (Fsp3) is 0.185. The zero-order valence-corrected chi connectivity index (χ0v) is 19.3. The van der Waals surface area contributed by atoms with Gasteiger partial charge in [0.25, 0.3) is 11.8 Å². The number of rotatable bonds is 5. The average molecular weight is 465 g/mol. The van der Waals surface area contributed by atoms with E-state index >= 15 is 0 Å². The van der Waals surface area contributed by atoms with Gasteiger partial charge in [-0.15, -0.1) is 0 Å². The van der Waals surface area contributed by atoms with Crippen LogP contribution in [0.4, 0.5) is 5.69 Å². The van der Waals surface area contributed by atoms with Crippen molar-refractivity contribution in [2.75, 3.05) is 18.9 Å². The molecule has 8 nitrogen and oxygen atoms in total. The SMILES string of the molecule is CN1CCc2ccc(NC(=O)c3cccc(CNC(=O)c4cn5cc(C#N)ccc5n4)c3)cc2C1. The molecule has 35 heavy (non-hydrogen) atoms. The minimum absolute atomic E-state index is 0.198. The summed E-state index contributed by atoms with van der Waals surface area (Å²) in [6.45, 7) is 2.17. The lowest BCUT2D eigenvalue weighted by molar-refractivity contribution is 0.0946. The Morgan fingerprint density at radius 3 is 2.80 bits per heavy atom. The highest BCUT2D eigenvalue weighted by molar-refractivity contribution is 6.04. The Morgan fingerprint density at radius 2 is 1.94 bits per heavy atom. The second-order valence-electron chi connectivity index (χ2n) is 8.73. The molecule has 0 bridgehead atoms. The summed E-state index contributed by atoms with van der Waals surface area (Å²) in [6, 6.07) is 18.7. The second-order valence-corrected chi connectivity index (χ2v) is 8.73. The molecule has 0 fully saturated rings. The van der Waals surface area contributed by atoms with E-state index in [2.05, 4.69) is 39.7 Å². The van der Waals surface area contributed by atoms with Crippen LogP contribution < -0.4 is 10.6 Å². The van der Waals surface area contributed by atoms with Gasteiger partial charge in [0.1, 0.15) is 17.4 Å². The van der Waals surface area contributed by atoms with E-state index in [9.17, 15) is 9.59 Å². The number of benzene rings is 2. The molecule has 2 aromatic heterocycles. The van der Waals surface area contributed by atoms with E-state index < -0.39 is 0 Å². The summed E-state index contributed by atoms with van der Waals surface area (Å²) in [4.78, 5) is 32.0. The first-order valence-corrected chi connectivity index (χ1v) is 11.4. The first kappa shape index (κ1) is 22.3. The first-order valence-electron chi connectivity index (χ1n) is 11.4. The lowest BCUT2D eigenvalue weighted by Crippen LogP contribution is -2.26. The summed E-state index contributed by atoms with van der Waals surface area (Å²) >= 11 is 0. The Bertz CT molecular complexity index is 1480. The summed E-state index contributed by atoms with van der Waals surface area (Å²) < 4.78 is 1.65. The number of anilines is 1. The van der Waals surface area contributed by atoms with Gasteiger partial charge in [-0.1, -0.05) is 18.2 Å². The lowest BCUT2D eigenvalue weighted by Gasteiger charge is -2.25. The molecule has 0 atom stereocenters. The number of fused-ring (bicyclic) bond motifs is 2. The van der Waals surface area contributed by atoms with E-state index in [-0.39, 0.29) is 24.1 Å². The number of likely N-dealkylation sites (N-methyl/N-ethyl adjacent to an activating group) is 1. The number of aromatic nitrogens is 2. The predicted octanol–water partition coefficient (Wildman–Crippen LogP) is 3.38. The van der Waals surface area contributed by atoms with Crippen molar-refractivity contribution in [2.45, 2.75) is 19.5 Å². The van der Waals surface area contributed by atoms with Crippen molar-refractivity contribution in [1.29, 1.82) is 5.26 Å². The largest absolute Gasteiger partial charge is 0.347 e. The number of carbonyl (C=O) groups is 2. The molecule has 2 N–H and O–H groups in total. The summed E-state index contributed by atoms with van der Waals surface area (Å²) in [6.07, 6.45) is 4.23. The molecule has 5 rings (SSSR count).